The first-order valence-corrected chi connectivity index (χ1v) is 14.9. The Labute approximate surface area is 228 Å². The van der Waals surface area contributed by atoms with Crippen molar-refractivity contribution >= 4 is 16.0 Å². The van der Waals surface area contributed by atoms with Gasteiger partial charge in [0.1, 0.15) is 0 Å². The zero-order valence-electron chi connectivity index (χ0n) is 21.7. The van der Waals surface area contributed by atoms with Gasteiger partial charge >= 0.3 is 29.6 Å². The molecule has 4 fully saturated rings. The molecule has 0 spiro atoms. The molecule has 6 nitrogen and oxygen atoms in total. The van der Waals surface area contributed by atoms with Gasteiger partial charge in [-0.1, -0.05) is 20.8 Å². The minimum absolute atomic E-state index is 0. The molecule has 4 rings (SSSR count). The summed E-state index contributed by atoms with van der Waals surface area (Å²) in [5.41, 5.74) is 0.758. The van der Waals surface area contributed by atoms with E-state index < -0.39 is 15.9 Å². The van der Waals surface area contributed by atoms with Crippen LogP contribution in [-0.4, -0.2) is 42.4 Å². The SMILES string of the molecule is CC(CCC(=O)NCCS(=O)(=O)[O-])C1CCC2C3CCC4CC(O)CCC4(C)C3CCC12C.[Na+]. The van der Waals surface area contributed by atoms with E-state index in [1.807, 2.05) is 0 Å². The van der Waals surface area contributed by atoms with Crippen molar-refractivity contribution in [2.75, 3.05) is 12.3 Å². The molecular formula is C26H44NNaO5S. The fraction of sp³-hybridized carbons (Fsp3) is 0.962. The molecule has 190 valence electrons. The number of hydrogen-bond donors (Lipinski definition) is 2. The van der Waals surface area contributed by atoms with E-state index in [2.05, 4.69) is 26.1 Å². The van der Waals surface area contributed by atoms with E-state index in [-0.39, 0.29) is 48.1 Å². The van der Waals surface area contributed by atoms with Crippen LogP contribution in [0.25, 0.3) is 0 Å². The molecule has 0 radical (unpaired) electrons. The van der Waals surface area contributed by atoms with Gasteiger partial charge in [0.25, 0.3) is 0 Å². The van der Waals surface area contributed by atoms with E-state index in [4.69, 9.17) is 0 Å². The summed E-state index contributed by atoms with van der Waals surface area (Å²) < 4.78 is 32.1. The van der Waals surface area contributed by atoms with Crippen LogP contribution in [0.1, 0.15) is 91.4 Å². The van der Waals surface area contributed by atoms with Crippen LogP contribution >= 0.6 is 0 Å². The van der Waals surface area contributed by atoms with Gasteiger partial charge < -0.3 is 15.0 Å². The van der Waals surface area contributed by atoms with Crippen LogP contribution in [0.2, 0.25) is 0 Å². The minimum Gasteiger partial charge on any atom is -0.748 e. The molecule has 0 bridgehead atoms. The third-order valence-electron chi connectivity index (χ3n) is 10.9. The van der Waals surface area contributed by atoms with Crippen molar-refractivity contribution < 1.29 is 52.4 Å². The second kappa shape index (κ2) is 11.0. The Morgan fingerprint density at radius 2 is 1.74 bits per heavy atom. The fourth-order valence-corrected chi connectivity index (χ4v) is 9.53. The van der Waals surface area contributed by atoms with Gasteiger partial charge in [-0.2, -0.15) is 0 Å². The molecule has 9 unspecified atom stereocenters. The molecule has 4 aliphatic rings. The monoisotopic (exact) mass is 505 g/mol. The smallest absolute Gasteiger partial charge is 0.748 e. The number of carbonyl (C=O) groups excluding carboxylic acids is 1. The van der Waals surface area contributed by atoms with Gasteiger partial charge in [-0.05, 0) is 111 Å². The average molecular weight is 506 g/mol. The number of carbonyl (C=O) groups is 1. The summed E-state index contributed by atoms with van der Waals surface area (Å²) in [7, 11) is -4.29. The predicted octanol–water partition coefficient (Wildman–Crippen LogP) is 1.09. The maximum atomic E-state index is 12.2. The summed E-state index contributed by atoms with van der Waals surface area (Å²) in [6, 6.07) is 0. The molecule has 0 heterocycles. The predicted molar refractivity (Wildman–Crippen MR) is 127 cm³/mol. The Kier molecular flexibility index (Phi) is 9.34. The van der Waals surface area contributed by atoms with Crippen molar-refractivity contribution in [2.24, 2.45) is 46.3 Å². The largest absolute Gasteiger partial charge is 1.00 e. The number of amides is 1. The first kappa shape index (κ1) is 28.9. The van der Waals surface area contributed by atoms with Crippen molar-refractivity contribution in [2.45, 2.75) is 97.5 Å². The average Bonchev–Trinajstić information content (AvgIpc) is 3.09. The summed E-state index contributed by atoms with van der Waals surface area (Å²) in [4.78, 5) is 12.2. The molecule has 4 aliphatic carbocycles. The molecule has 9 atom stereocenters. The number of aliphatic hydroxyl groups excluding tert-OH is 1. The maximum Gasteiger partial charge on any atom is 1.00 e. The van der Waals surface area contributed by atoms with Crippen molar-refractivity contribution in [3.8, 4) is 0 Å². The van der Waals surface area contributed by atoms with Gasteiger partial charge in [-0.3, -0.25) is 4.79 Å². The molecule has 0 aromatic carbocycles. The summed E-state index contributed by atoms with van der Waals surface area (Å²) in [6.45, 7) is 7.26. The van der Waals surface area contributed by atoms with Crippen molar-refractivity contribution in [1.29, 1.82) is 0 Å². The first-order chi connectivity index (χ1) is 15.4. The van der Waals surface area contributed by atoms with E-state index in [1.54, 1.807) is 0 Å². The Morgan fingerprint density at radius 1 is 1.06 bits per heavy atom. The first-order valence-electron chi connectivity index (χ1n) is 13.3. The van der Waals surface area contributed by atoms with Gasteiger partial charge in [0.2, 0.25) is 5.91 Å². The normalized spacial score (nSPS) is 42.5. The quantitative estimate of drug-likeness (QED) is 0.398. The summed E-state index contributed by atoms with van der Waals surface area (Å²) in [5.74, 6) is 3.49. The number of aliphatic hydroxyl groups is 1. The Hall–Kier alpha value is 0.340. The Bertz CT molecular complexity index is 837. The van der Waals surface area contributed by atoms with Crippen LogP contribution in [-0.2, 0) is 14.9 Å². The summed E-state index contributed by atoms with van der Waals surface area (Å²) in [5, 5.41) is 12.8. The van der Waals surface area contributed by atoms with Gasteiger partial charge in [-0.25, -0.2) is 8.42 Å². The van der Waals surface area contributed by atoms with E-state index in [0.29, 0.717) is 35.0 Å². The van der Waals surface area contributed by atoms with Crippen molar-refractivity contribution in [3.05, 3.63) is 0 Å². The molecule has 4 saturated carbocycles. The number of nitrogens with one attached hydrogen (secondary N) is 1. The zero-order chi connectivity index (χ0) is 24.0. The molecule has 0 aromatic heterocycles. The van der Waals surface area contributed by atoms with E-state index in [0.717, 1.165) is 37.0 Å². The van der Waals surface area contributed by atoms with Gasteiger partial charge in [-0.15, -0.1) is 0 Å². The van der Waals surface area contributed by atoms with Gasteiger partial charge in [0, 0.05) is 13.0 Å². The second-order valence-electron chi connectivity index (χ2n) is 12.4. The van der Waals surface area contributed by atoms with E-state index >= 15 is 0 Å². The van der Waals surface area contributed by atoms with Crippen molar-refractivity contribution in [1.82, 2.24) is 5.32 Å². The number of hydrogen-bond acceptors (Lipinski definition) is 5. The minimum atomic E-state index is -4.29. The van der Waals surface area contributed by atoms with Crippen LogP contribution in [0.5, 0.6) is 0 Å². The van der Waals surface area contributed by atoms with Crippen LogP contribution in [0.15, 0.2) is 0 Å². The Balaban J connectivity index is 0.00000324. The molecule has 0 saturated heterocycles. The molecule has 2 N–H and O–H groups in total. The molecule has 1 amide bonds. The molecule has 0 aliphatic heterocycles. The molecule has 8 heteroatoms. The Morgan fingerprint density at radius 3 is 2.44 bits per heavy atom. The summed E-state index contributed by atoms with van der Waals surface area (Å²) in [6.07, 6.45) is 12.0. The topological polar surface area (TPSA) is 107 Å². The van der Waals surface area contributed by atoms with E-state index in [9.17, 15) is 22.9 Å². The number of rotatable bonds is 7. The number of fused-ring (bicyclic) bond motifs is 5. The standard InChI is InChI=1S/C26H45NO5S.Na/c1-17(4-9-24(29)27-14-15-33(30,31)32)21-7-8-22-20-6-5-18-16-19(28)10-12-25(18,2)23(20)11-13-26(21,22)3;/h17-23,28H,4-16H2,1-3H3,(H,27,29)(H,30,31,32);/q;+1/p-1. The summed E-state index contributed by atoms with van der Waals surface area (Å²) >= 11 is 0. The van der Waals surface area contributed by atoms with Crippen LogP contribution < -0.4 is 34.9 Å². The molecule has 34 heavy (non-hydrogen) atoms. The van der Waals surface area contributed by atoms with Crippen LogP contribution in [0, 0.1) is 46.3 Å². The van der Waals surface area contributed by atoms with Gasteiger partial charge in [0.05, 0.1) is 22.0 Å². The molecular weight excluding hydrogens is 461 g/mol. The third-order valence-corrected chi connectivity index (χ3v) is 11.6. The van der Waals surface area contributed by atoms with Gasteiger partial charge in [0.15, 0.2) is 0 Å². The second-order valence-corrected chi connectivity index (χ2v) is 14.0. The van der Waals surface area contributed by atoms with Crippen LogP contribution in [0.4, 0.5) is 0 Å². The van der Waals surface area contributed by atoms with Crippen molar-refractivity contribution in [3.63, 3.8) is 0 Å². The maximum absolute atomic E-state index is 12.2. The zero-order valence-corrected chi connectivity index (χ0v) is 24.5. The molecule has 0 aromatic rings. The van der Waals surface area contributed by atoms with E-state index in [1.165, 1.54) is 44.9 Å². The van der Waals surface area contributed by atoms with Crippen LogP contribution in [0.3, 0.4) is 0 Å². The fourth-order valence-electron chi connectivity index (χ4n) is 9.17. The third kappa shape index (κ3) is 5.75.